The van der Waals surface area contributed by atoms with E-state index in [1.165, 1.54) is 0 Å². The minimum Gasteiger partial charge on any atom is -0.368 e. The van der Waals surface area contributed by atoms with E-state index in [1.807, 2.05) is 64.9 Å². The van der Waals surface area contributed by atoms with Crippen LogP contribution >= 0.6 is 34.5 Å². The minimum absolute atomic E-state index is 0.0269. The van der Waals surface area contributed by atoms with Crippen LogP contribution in [0.25, 0.3) is 16.3 Å². The van der Waals surface area contributed by atoms with Crippen LogP contribution < -0.4 is 4.90 Å². The van der Waals surface area contributed by atoms with E-state index in [0.29, 0.717) is 28.8 Å². The summed E-state index contributed by atoms with van der Waals surface area (Å²) in [5.41, 5.74) is 3.22. The maximum Gasteiger partial charge on any atom is 0.272 e. The van der Waals surface area contributed by atoms with Gasteiger partial charge in [0.1, 0.15) is 11.4 Å². The molecule has 0 bridgehead atoms. The highest BCUT2D eigenvalue weighted by atomic mass is 35.5. The number of nitrogens with zero attached hydrogens (tertiary/aromatic N) is 4. The summed E-state index contributed by atoms with van der Waals surface area (Å²) in [4.78, 5) is 18.7. The predicted molar refractivity (Wildman–Crippen MR) is 131 cm³/mol. The number of carbonyl (C=O) groups excluding carboxylic acids is 1. The SMILES string of the molecule is O=C(c1cc(-c2cccs2)nn1-c1ccc(Cl)cc1)N1CCN(c2cccc(Cl)c2)CC1. The van der Waals surface area contributed by atoms with Crippen LogP contribution in [-0.4, -0.2) is 46.8 Å². The van der Waals surface area contributed by atoms with Crippen molar-refractivity contribution in [3.05, 3.63) is 87.8 Å². The van der Waals surface area contributed by atoms with Crippen molar-refractivity contribution in [2.45, 2.75) is 0 Å². The number of anilines is 1. The molecule has 5 rings (SSSR count). The van der Waals surface area contributed by atoms with Gasteiger partial charge in [-0.15, -0.1) is 11.3 Å². The van der Waals surface area contributed by atoms with Crippen molar-refractivity contribution in [1.29, 1.82) is 0 Å². The minimum atomic E-state index is -0.0269. The summed E-state index contributed by atoms with van der Waals surface area (Å²) in [6.07, 6.45) is 0. The Bertz CT molecular complexity index is 1230. The van der Waals surface area contributed by atoms with Gasteiger partial charge in [-0.05, 0) is 60.0 Å². The number of halogens is 2. The van der Waals surface area contributed by atoms with E-state index in [2.05, 4.69) is 4.90 Å². The Morgan fingerprint density at radius 2 is 1.62 bits per heavy atom. The quantitative estimate of drug-likeness (QED) is 0.365. The molecule has 1 saturated heterocycles. The Kier molecular flexibility index (Phi) is 5.91. The van der Waals surface area contributed by atoms with E-state index in [4.69, 9.17) is 28.3 Å². The third-order valence-electron chi connectivity index (χ3n) is 5.51. The van der Waals surface area contributed by atoms with E-state index in [9.17, 15) is 4.79 Å². The van der Waals surface area contributed by atoms with E-state index >= 15 is 0 Å². The molecule has 4 aromatic rings. The maximum atomic E-state index is 13.5. The molecule has 0 atom stereocenters. The molecule has 1 fully saturated rings. The standard InChI is InChI=1S/C24H20Cl2N4OS/c25-17-6-8-19(9-7-17)30-22(16-21(27-30)23-5-2-14-32-23)24(31)29-12-10-28(11-13-29)20-4-1-3-18(26)15-20/h1-9,14-16H,10-13H2. The van der Waals surface area contributed by atoms with Gasteiger partial charge in [-0.1, -0.05) is 35.3 Å². The first-order valence-corrected chi connectivity index (χ1v) is 11.9. The fraction of sp³-hybridized carbons (Fsp3) is 0.167. The Hall–Kier alpha value is -2.80. The van der Waals surface area contributed by atoms with Gasteiger partial charge in [-0.25, -0.2) is 4.68 Å². The molecule has 3 heterocycles. The summed E-state index contributed by atoms with van der Waals surface area (Å²) in [7, 11) is 0. The predicted octanol–water partition coefficient (Wildman–Crippen LogP) is 5.87. The van der Waals surface area contributed by atoms with Gasteiger partial charge >= 0.3 is 0 Å². The second-order valence-electron chi connectivity index (χ2n) is 7.54. The molecule has 1 aliphatic heterocycles. The molecule has 0 aliphatic carbocycles. The first kappa shape index (κ1) is 21.1. The number of hydrogen-bond acceptors (Lipinski definition) is 4. The Morgan fingerprint density at radius 3 is 2.31 bits per heavy atom. The maximum absolute atomic E-state index is 13.5. The van der Waals surface area contributed by atoms with E-state index in [-0.39, 0.29) is 5.91 Å². The fourth-order valence-electron chi connectivity index (χ4n) is 3.86. The van der Waals surface area contributed by atoms with Gasteiger partial charge in [0.2, 0.25) is 0 Å². The first-order valence-electron chi connectivity index (χ1n) is 10.3. The monoisotopic (exact) mass is 482 g/mol. The van der Waals surface area contributed by atoms with Crippen molar-refractivity contribution in [2.24, 2.45) is 0 Å². The number of amides is 1. The first-order chi connectivity index (χ1) is 15.6. The van der Waals surface area contributed by atoms with Crippen LogP contribution in [0.1, 0.15) is 10.5 Å². The van der Waals surface area contributed by atoms with Crippen LogP contribution in [0.4, 0.5) is 5.69 Å². The number of thiophene rings is 1. The average molecular weight is 483 g/mol. The average Bonchev–Trinajstić information content (AvgIpc) is 3.50. The second-order valence-corrected chi connectivity index (χ2v) is 9.36. The molecule has 2 aromatic heterocycles. The summed E-state index contributed by atoms with van der Waals surface area (Å²) in [5, 5.41) is 8.12. The van der Waals surface area contributed by atoms with Crippen LogP contribution in [0.15, 0.2) is 72.1 Å². The molecule has 1 aliphatic rings. The Labute approximate surface area is 200 Å². The van der Waals surface area contributed by atoms with Gasteiger partial charge in [0.25, 0.3) is 5.91 Å². The molecule has 0 saturated carbocycles. The summed E-state index contributed by atoms with van der Waals surface area (Å²) in [6.45, 7) is 2.76. The summed E-state index contributed by atoms with van der Waals surface area (Å²) >= 11 is 13.8. The van der Waals surface area contributed by atoms with Crippen molar-refractivity contribution in [3.63, 3.8) is 0 Å². The molecule has 8 heteroatoms. The Morgan fingerprint density at radius 1 is 0.844 bits per heavy atom. The molecule has 0 radical (unpaired) electrons. The zero-order chi connectivity index (χ0) is 22.1. The number of rotatable bonds is 4. The highest BCUT2D eigenvalue weighted by Crippen LogP contribution is 2.27. The van der Waals surface area contributed by atoms with Crippen LogP contribution in [0.5, 0.6) is 0 Å². The topological polar surface area (TPSA) is 41.4 Å². The molecule has 162 valence electrons. The van der Waals surface area contributed by atoms with Crippen LogP contribution in [0.2, 0.25) is 10.0 Å². The van der Waals surface area contributed by atoms with E-state index in [1.54, 1.807) is 28.2 Å². The van der Waals surface area contributed by atoms with Gasteiger partial charge in [0.05, 0.1) is 10.6 Å². The Balaban J connectivity index is 1.41. The summed E-state index contributed by atoms with van der Waals surface area (Å²) < 4.78 is 1.72. The molecule has 2 aromatic carbocycles. The van der Waals surface area contributed by atoms with Gasteiger partial charge < -0.3 is 9.80 Å². The van der Waals surface area contributed by atoms with E-state index in [0.717, 1.165) is 35.0 Å². The molecule has 5 nitrogen and oxygen atoms in total. The number of aromatic nitrogens is 2. The van der Waals surface area contributed by atoms with Crippen molar-refractivity contribution >= 4 is 46.1 Å². The smallest absolute Gasteiger partial charge is 0.272 e. The van der Waals surface area contributed by atoms with Gasteiger partial charge in [0.15, 0.2) is 0 Å². The number of benzene rings is 2. The van der Waals surface area contributed by atoms with Gasteiger partial charge in [0, 0.05) is 41.9 Å². The summed E-state index contributed by atoms with van der Waals surface area (Å²) in [5.74, 6) is -0.0269. The van der Waals surface area contributed by atoms with Crippen LogP contribution in [0.3, 0.4) is 0 Å². The summed E-state index contributed by atoms with van der Waals surface area (Å²) in [6, 6.07) is 21.1. The highest BCUT2D eigenvalue weighted by molar-refractivity contribution is 7.13. The normalized spacial score (nSPS) is 14.1. The zero-order valence-electron chi connectivity index (χ0n) is 17.1. The number of carbonyl (C=O) groups is 1. The molecule has 32 heavy (non-hydrogen) atoms. The lowest BCUT2D eigenvalue weighted by Crippen LogP contribution is -2.49. The van der Waals surface area contributed by atoms with Crippen molar-refractivity contribution in [2.75, 3.05) is 31.1 Å². The third kappa shape index (κ3) is 4.26. The van der Waals surface area contributed by atoms with Crippen molar-refractivity contribution in [1.82, 2.24) is 14.7 Å². The molecule has 0 spiro atoms. The molecule has 0 N–H and O–H groups in total. The van der Waals surface area contributed by atoms with Gasteiger partial charge in [-0.2, -0.15) is 5.10 Å². The lowest BCUT2D eigenvalue weighted by Gasteiger charge is -2.36. The molecular formula is C24H20Cl2N4OS. The van der Waals surface area contributed by atoms with E-state index < -0.39 is 0 Å². The fourth-order valence-corrected chi connectivity index (χ4v) is 4.85. The second kappa shape index (κ2) is 8.98. The highest BCUT2D eigenvalue weighted by Gasteiger charge is 2.26. The lowest BCUT2D eigenvalue weighted by atomic mass is 10.2. The van der Waals surface area contributed by atoms with Crippen LogP contribution in [-0.2, 0) is 0 Å². The molecule has 1 amide bonds. The van der Waals surface area contributed by atoms with Gasteiger partial charge in [-0.3, -0.25) is 4.79 Å². The number of hydrogen-bond donors (Lipinski definition) is 0. The molecule has 0 unspecified atom stereocenters. The van der Waals surface area contributed by atoms with Crippen molar-refractivity contribution < 1.29 is 4.79 Å². The lowest BCUT2D eigenvalue weighted by molar-refractivity contribution is 0.0737. The third-order valence-corrected chi connectivity index (χ3v) is 6.89. The van der Waals surface area contributed by atoms with Crippen LogP contribution in [0, 0.1) is 0 Å². The molecular weight excluding hydrogens is 463 g/mol. The number of piperazine rings is 1. The van der Waals surface area contributed by atoms with Crippen molar-refractivity contribution in [3.8, 4) is 16.3 Å². The largest absolute Gasteiger partial charge is 0.368 e. The zero-order valence-corrected chi connectivity index (χ0v) is 19.4.